The van der Waals surface area contributed by atoms with Crippen LogP contribution in [0.15, 0.2) is 42.5 Å². The zero-order valence-corrected chi connectivity index (χ0v) is 14.9. The van der Waals surface area contributed by atoms with E-state index < -0.39 is 11.9 Å². The lowest BCUT2D eigenvalue weighted by molar-refractivity contribution is -0.134. The van der Waals surface area contributed by atoms with E-state index in [0.29, 0.717) is 12.2 Å². The van der Waals surface area contributed by atoms with Gasteiger partial charge in [0.15, 0.2) is 0 Å². The van der Waals surface area contributed by atoms with Crippen LogP contribution in [-0.2, 0) is 16.1 Å². The van der Waals surface area contributed by atoms with E-state index in [-0.39, 0.29) is 0 Å². The van der Waals surface area contributed by atoms with E-state index in [2.05, 4.69) is 54.4 Å². The van der Waals surface area contributed by atoms with Crippen LogP contribution in [0.3, 0.4) is 0 Å². The van der Waals surface area contributed by atoms with Crippen LogP contribution >= 0.6 is 0 Å². The van der Waals surface area contributed by atoms with Crippen LogP contribution in [0.2, 0.25) is 0 Å². The van der Waals surface area contributed by atoms with Crippen LogP contribution in [0.1, 0.15) is 25.8 Å². The van der Waals surface area contributed by atoms with Crippen molar-refractivity contribution in [1.29, 1.82) is 0 Å². The summed E-state index contributed by atoms with van der Waals surface area (Å²) in [4.78, 5) is 21.7. The highest BCUT2D eigenvalue weighted by Crippen LogP contribution is 2.15. The molecule has 3 N–H and O–H groups in total. The van der Waals surface area contributed by atoms with Crippen molar-refractivity contribution in [3.63, 3.8) is 0 Å². The predicted molar refractivity (Wildman–Crippen MR) is 97.4 cm³/mol. The fourth-order valence-electron chi connectivity index (χ4n) is 2.72. The molecule has 6 nitrogen and oxygen atoms in total. The quantitative estimate of drug-likeness (QED) is 0.655. The third-order valence-corrected chi connectivity index (χ3v) is 3.75. The van der Waals surface area contributed by atoms with Gasteiger partial charge in [-0.3, -0.25) is 4.90 Å². The van der Waals surface area contributed by atoms with Crippen LogP contribution in [0.5, 0.6) is 0 Å². The molecule has 1 aliphatic heterocycles. The molecular formula is C19H28N2O4. The molecule has 6 heteroatoms. The SMILES string of the molecule is CC(C)CN(Cc1ccccc1)[C@H]1CCNC1.O=C(O)C=CC(=O)O. The Kier molecular flexibility index (Phi) is 9.50. The lowest BCUT2D eigenvalue weighted by Gasteiger charge is -2.30. The highest BCUT2D eigenvalue weighted by atomic mass is 16.4. The van der Waals surface area contributed by atoms with Crippen LogP contribution in [0, 0.1) is 5.92 Å². The average Bonchev–Trinajstić information content (AvgIpc) is 3.08. The van der Waals surface area contributed by atoms with E-state index in [1.807, 2.05) is 0 Å². The maximum atomic E-state index is 9.55. The highest BCUT2D eigenvalue weighted by molar-refractivity contribution is 5.89. The zero-order valence-electron chi connectivity index (χ0n) is 14.9. The third kappa shape index (κ3) is 9.64. The van der Waals surface area contributed by atoms with Crippen LogP contribution in [0.4, 0.5) is 0 Å². The van der Waals surface area contributed by atoms with E-state index in [0.717, 1.165) is 25.0 Å². The molecule has 1 saturated heterocycles. The fraction of sp³-hybridized carbons (Fsp3) is 0.474. The van der Waals surface area contributed by atoms with Gasteiger partial charge in [0.1, 0.15) is 0 Å². The van der Waals surface area contributed by atoms with Crippen molar-refractivity contribution in [3.05, 3.63) is 48.0 Å². The lowest BCUT2D eigenvalue weighted by Crippen LogP contribution is -2.38. The van der Waals surface area contributed by atoms with Crippen LogP contribution in [-0.4, -0.2) is 52.7 Å². The molecule has 138 valence electrons. The molecule has 0 bridgehead atoms. The fourth-order valence-corrected chi connectivity index (χ4v) is 2.72. The molecule has 1 aromatic carbocycles. The molecule has 0 unspecified atom stereocenters. The molecule has 1 aliphatic rings. The van der Waals surface area contributed by atoms with Crippen molar-refractivity contribution in [3.8, 4) is 0 Å². The number of benzene rings is 1. The number of hydrogen-bond acceptors (Lipinski definition) is 4. The molecule has 1 aromatic rings. The van der Waals surface area contributed by atoms with Crippen molar-refractivity contribution < 1.29 is 19.8 Å². The minimum Gasteiger partial charge on any atom is -0.478 e. The second kappa shape index (κ2) is 11.4. The number of nitrogens with zero attached hydrogens (tertiary/aromatic N) is 1. The number of rotatable bonds is 7. The summed E-state index contributed by atoms with van der Waals surface area (Å²) < 4.78 is 0. The summed E-state index contributed by atoms with van der Waals surface area (Å²) >= 11 is 0. The van der Waals surface area contributed by atoms with Gasteiger partial charge in [-0.1, -0.05) is 44.2 Å². The summed E-state index contributed by atoms with van der Waals surface area (Å²) in [7, 11) is 0. The van der Waals surface area contributed by atoms with Crippen LogP contribution in [0.25, 0.3) is 0 Å². The van der Waals surface area contributed by atoms with E-state index in [9.17, 15) is 9.59 Å². The summed E-state index contributed by atoms with van der Waals surface area (Å²) in [5.74, 6) is -1.78. The van der Waals surface area contributed by atoms with E-state index >= 15 is 0 Å². The van der Waals surface area contributed by atoms with Crippen molar-refractivity contribution >= 4 is 11.9 Å². The van der Waals surface area contributed by atoms with Gasteiger partial charge in [-0.2, -0.15) is 0 Å². The maximum Gasteiger partial charge on any atom is 0.328 e. The summed E-state index contributed by atoms with van der Waals surface area (Å²) in [5.41, 5.74) is 1.43. The first-order valence-corrected chi connectivity index (χ1v) is 8.51. The maximum absolute atomic E-state index is 9.55. The Labute approximate surface area is 149 Å². The Bertz CT molecular complexity index is 536. The Morgan fingerprint density at radius 1 is 1.20 bits per heavy atom. The highest BCUT2D eigenvalue weighted by Gasteiger charge is 2.22. The second-order valence-corrected chi connectivity index (χ2v) is 6.47. The minimum atomic E-state index is -1.26. The summed E-state index contributed by atoms with van der Waals surface area (Å²) in [6.45, 7) is 9.22. The number of hydrogen-bond donors (Lipinski definition) is 3. The van der Waals surface area contributed by atoms with E-state index in [4.69, 9.17) is 10.2 Å². The first kappa shape index (κ1) is 20.9. The monoisotopic (exact) mass is 348 g/mol. The molecule has 0 amide bonds. The predicted octanol–water partition coefficient (Wildman–Crippen LogP) is 2.22. The molecule has 2 rings (SSSR count). The first-order valence-electron chi connectivity index (χ1n) is 8.51. The van der Waals surface area contributed by atoms with Gasteiger partial charge in [-0.25, -0.2) is 9.59 Å². The molecule has 0 spiro atoms. The Balaban J connectivity index is 0.000000333. The normalized spacial score (nSPS) is 16.9. The molecular weight excluding hydrogens is 320 g/mol. The third-order valence-electron chi connectivity index (χ3n) is 3.75. The van der Waals surface area contributed by atoms with Gasteiger partial charge in [0.05, 0.1) is 0 Å². The van der Waals surface area contributed by atoms with Gasteiger partial charge < -0.3 is 15.5 Å². The number of nitrogens with one attached hydrogen (secondary N) is 1. The molecule has 1 atom stereocenters. The van der Waals surface area contributed by atoms with Gasteiger partial charge in [0.25, 0.3) is 0 Å². The van der Waals surface area contributed by atoms with Crippen molar-refractivity contribution in [1.82, 2.24) is 10.2 Å². The van der Waals surface area contributed by atoms with Crippen molar-refractivity contribution in [2.75, 3.05) is 19.6 Å². The smallest absolute Gasteiger partial charge is 0.328 e. The minimum absolute atomic E-state index is 0.558. The standard InChI is InChI=1S/C15H24N2.C4H4O4/c1-13(2)11-17(15-8-9-16-10-15)12-14-6-4-3-5-7-14;5-3(6)1-2-4(7)8/h3-7,13,15-16H,8-12H2,1-2H3;1-2H,(H,5,6)(H,7,8)/t15-;/m0./s1. The Hall–Kier alpha value is -2.18. The number of carboxylic acid groups (broad SMARTS) is 2. The van der Waals surface area contributed by atoms with Gasteiger partial charge in [0.2, 0.25) is 0 Å². The van der Waals surface area contributed by atoms with Crippen LogP contribution < -0.4 is 5.32 Å². The Morgan fingerprint density at radius 3 is 2.24 bits per heavy atom. The number of aliphatic carboxylic acids is 2. The van der Waals surface area contributed by atoms with Gasteiger partial charge in [-0.15, -0.1) is 0 Å². The molecule has 25 heavy (non-hydrogen) atoms. The number of carboxylic acids is 2. The topological polar surface area (TPSA) is 89.9 Å². The summed E-state index contributed by atoms with van der Waals surface area (Å²) in [6.07, 6.45) is 2.41. The first-order chi connectivity index (χ1) is 11.9. The van der Waals surface area contributed by atoms with E-state index in [1.54, 1.807) is 0 Å². The lowest BCUT2D eigenvalue weighted by atomic mass is 10.1. The Morgan fingerprint density at radius 2 is 1.80 bits per heavy atom. The zero-order chi connectivity index (χ0) is 18.7. The largest absolute Gasteiger partial charge is 0.478 e. The van der Waals surface area contributed by atoms with Gasteiger partial charge in [-0.05, 0) is 24.4 Å². The molecule has 0 saturated carbocycles. The van der Waals surface area contributed by atoms with Gasteiger partial charge >= 0.3 is 11.9 Å². The van der Waals surface area contributed by atoms with E-state index in [1.165, 1.54) is 25.1 Å². The number of carbonyl (C=O) groups is 2. The summed E-state index contributed by atoms with van der Waals surface area (Å²) in [5, 5.41) is 19.1. The molecule has 0 aromatic heterocycles. The average molecular weight is 348 g/mol. The molecule has 0 radical (unpaired) electrons. The van der Waals surface area contributed by atoms with Crippen molar-refractivity contribution in [2.45, 2.75) is 32.9 Å². The van der Waals surface area contributed by atoms with Crippen molar-refractivity contribution in [2.24, 2.45) is 5.92 Å². The summed E-state index contributed by atoms with van der Waals surface area (Å²) in [6, 6.07) is 11.5. The molecule has 0 aliphatic carbocycles. The molecule has 1 fully saturated rings. The molecule has 1 heterocycles. The van der Waals surface area contributed by atoms with Gasteiger partial charge in [0, 0.05) is 37.8 Å². The second-order valence-electron chi connectivity index (χ2n) is 6.47.